The van der Waals surface area contributed by atoms with E-state index < -0.39 is 0 Å². The van der Waals surface area contributed by atoms with Crippen LogP contribution in [0.2, 0.25) is 0 Å². The quantitative estimate of drug-likeness (QED) is 0.718. The van der Waals surface area contributed by atoms with Gasteiger partial charge >= 0.3 is 0 Å². The second-order valence-corrected chi connectivity index (χ2v) is 6.60. The highest BCUT2D eigenvalue weighted by atomic mass is 14.9. The summed E-state index contributed by atoms with van der Waals surface area (Å²) in [5.74, 6) is 0. The summed E-state index contributed by atoms with van der Waals surface area (Å²) in [5.41, 5.74) is 3.13. The van der Waals surface area contributed by atoms with E-state index >= 15 is 0 Å². The van der Waals surface area contributed by atoms with Crippen LogP contribution in [0.4, 0.5) is 0 Å². The molecule has 1 N–H and O–H groups in total. The highest BCUT2D eigenvalue weighted by Crippen LogP contribution is 2.32. The predicted molar refractivity (Wildman–Crippen MR) is 85.5 cm³/mol. The monoisotopic (exact) mass is 261 g/mol. The Morgan fingerprint density at radius 2 is 1.63 bits per heavy atom. The summed E-state index contributed by atoms with van der Waals surface area (Å²) >= 11 is 0. The molecular weight excluding hydrogens is 230 g/mol. The highest BCUT2D eigenvalue weighted by molar-refractivity contribution is 5.26. The van der Waals surface area contributed by atoms with Crippen LogP contribution in [0.1, 0.15) is 71.0 Å². The van der Waals surface area contributed by atoms with Crippen molar-refractivity contribution in [2.24, 2.45) is 5.41 Å². The minimum absolute atomic E-state index is 0.250. The molecule has 1 atom stereocenters. The normalized spacial score (nSPS) is 13.5. The number of aryl methyl sites for hydroxylation is 1. The van der Waals surface area contributed by atoms with Crippen molar-refractivity contribution in [1.82, 2.24) is 5.32 Å². The van der Waals surface area contributed by atoms with Crippen LogP contribution in [0.15, 0.2) is 24.3 Å². The number of nitrogens with one attached hydrogen (secondary N) is 1. The first-order valence-electron chi connectivity index (χ1n) is 7.81. The van der Waals surface area contributed by atoms with Gasteiger partial charge in [0.25, 0.3) is 0 Å². The molecule has 0 aliphatic heterocycles. The van der Waals surface area contributed by atoms with Gasteiger partial charge in [0.1, 0.15) is 0 Å². The highest BCUT2D eigenvalue weighted by Gasteiger charge is 2.25. The summed E-state index contributed by atoms with van der Waals surface area (Å²) in [4.78, 5) is 0. The molecule has 1 aromatic rings. The molecule has 0 fully saturated rings. The van der Waals surface area contributed by atoms with Crippen LogP contribution in [0, 0.1) is 5.41 Å². The summed E-state index contributed by atoms with van der Waals surface area (Å²) in [5, 5.41) is 3.69. The molecule has 0 heterocycles. The standard InChI is InChI=1S/C18H31N/c1-6-8-9-15-10-12-16(13-11-15)17(18(3,4)5)19-14-7-2/h10-13,17,19H,6-9,14H2,1-5H3. The number of rotatable bonds is 7. The van der Waals surface area contributed by atoms with Gasteiger partial charge in [-0.15, -0.1) is 0 Å². The lowest BCUT2D eigenvalue weighted by Gasteiger charge is -2.32. The van der Waals surface area contributed by atoms with Gasteiger partial charge in [-0.1, -0.05) is 65.3 Å². The second-order valence-electron chi connectivity index (χ2n) is 6.60. The second kappa shape index (κ2) is 7.69. The molecule has 1 heteroatoms. The molecule has 1 aromatic carbocycles. The molecule has 0 amide bonds. The average Bonchev–Trinajstić information content (AvgIpc) is 2.36. The molecule has 0 spiro atoms. The Kier molecular flexibility index (Phi) is 6.57. The Morgan fingerprint density at radius 1 is 1.00 bits per heavy atom. The van der Waals surface area contributed by atoms with E-state index in [1.54, 1.807) is 0 Å². The van der Waals surface area contributed by atoms with E-state index in [4.69, 9.17) is 0 Å². The van der Waals surface area contributed by atoms with Gasteiger partial charge < -0.3 is 5.32 Å². The first kappa shape index (κ1) is 16.2. The number of unbranched alkanes of at least 4 members (excludes halogenated alkanes) is 1. The zero-order chi connectivity index (χ0) is 14.3. The Morgan fingerprint density at radius 3 is 2.11 bits per heavy atom. The van der Waals surface area contributed by atoms with E-state index in [0.717, 1.165) is 6.54 Å². The summed E-state index contributed by atoms with van der Waals surface area (Å²) < 4.78 is 0. The predicted octanol–water partition coefficient (Wildman–Crippen LogP) is 5.12. The molecule has 0 aromatic heterocycles. The minimum atomic E-state index is 0.250. The Hall–Kier alpha value is -0.820. The summed E-state index contributed by atoms with van der Waals surface area (Å²) in [7, 11) is 0. The Bertz CT molecular complexity index is 345. The maximum Gasteiger partial charge on any atom is 0.0369 e. The van der Waals surface area contributed by atoms with Crippen molar-refractivity contribution < 1.29 is 0 Å². The van der Waals surface area contributed by atoms with E-state index in [0.29, 0.717) is 6.04 Å². The molecule has 0 saturated carbocycles. The maximum absolute atomic E-state index is 3.69. The van der Waals surface area contributed by atoms with E-state index in [2.05, 4.69) is 64.2 Å². The zero-order valence-electron chi connectivity index (χ0n) is 13.4. The average molecular weight is 261 g/mol. The third kappa shape index (κ3) is 5.36. The van der Waals surface area contributed by atoms with E-state index in [-0.39, 0.29) is 5.41 Å². The topological polar surface area (TPSA) is 12.0 Å². The molecule has 0 radical (unpaired) electrons. The van der Waals surface area contributed by atoms with Gasteiger partial charge in [0.05, 0.1) is 0 Å². The summed E-state index contributed by atoms with van der Waals surface area (Å²) in [6.07, 6.45) is 4.95. The number of hydrogen-bond donors (Lipinski definition) is 1. The van der Waals surface area contributed by atoms with E-state index in [9.17, 15) is 0 Å². The van der Waals surface area contributed by atoms with Gasteiger partial charge in [0.15, 0.2) is 0 Å². The van der Waals surface area contributed by atoms with E-state index in [1.807, 2.05) is 0 Å². The summed E-state index contributed by atoms with van der Waals surface area (Å²) in [6, 6.07) is 9.66. The molecule has 19 heavy (non-hydrogen) atoms. The molecule has 0 saturated heterocycles. The van der Waals surface area contributed by atoms with Crippen LogP contribution in [-0.4, -0.2) is 6.54 Å². The molecular formula is C18H31N. The third-order valence-electron chi connectivity index (χ3n) is 3.60. The number of benzene rings is 1. The maximum atomic E-state index is 3.69. The largest absolute Gasteiger partial charge is 0.309 e. The molecule has 1 unspecified atom stereocenters. The lowest BCUT2D eigenvalue weighted by Crippen LogP contribution is -2.32. The lowest BCUT2D eigenvalue weighted by molar-refractivity contribution is 0.273. The van der Waals surface area contributed by atoms with Gasteiger partial charge in [-0.25, -0.2) is 0 Å². The fourth-order valence-electron chi connectivity index (χ4n) is 2.47. The van der Waals surface area contributed by atoms with Gasteiger partial charge in [-0.3, -0.25) is 0 Å². The van der Waals surface area contributed by atoms with Crippen LogP contribution in [0.5, 0.6) is 0 Å². The molecule has 1 rings (SSSR count). The number of hydrogen-bond acceptors (Lipinski definition) is 1. The minimum Gasteiger partial charge on any atom is -0.309 e. The van der Waals surface area contributed by atoms with Crippen molar-refractivity contribution in [2.45, 2.75) is 66.3 Å². The summed E-state index contributed by atoms with van der Waals surface area (Å²) in [6.45, 7) is 12.5. The molecule has 0 aliphatic rings. The van der Waals surface area contributed by atoms with Gasteiger partial charge in [0.2, 0.25) is 0 Å². The molecule has 0 bridgehead atoms. The Labute approximate surface area is 119 Å². The van der Waals surface area contributed by atoms with Gasteiger partial charge in [0, 0.05) is 6.04 Å². The van der Waals surface area contributed by atoms with Crippen molar-refractivity contribution in [2.75, 3.05) is 6.54 Å². The van der Waals surface area contributed by atoms with Crippen LogP contribution >= 0.6 is 0 Å². The third-order valence-corrected chi connectivity index (χ3v) is 3.60. The van der Waals surface area contributed by atoms with Crippen molar-refractivity contribution in [3.63, 3.8) is 0 Å². The van der Waals surface area contributed by atoms with Crippen LogP contribution < -0.4 is 5.32 Å². The SMILES string of the molecule is CCCCc1ccc(C(NCCC)C(C)(C)C)cc1. The van der Waals surface area contributed by atoms with Crippen molar-refractivity contribution >= 4 is 0 Å². The zero-order valence-corrected chi connectivity index (χ0v) is 13.4. The fraction of sp³-hybridized carbons (Fsp3) is 0.667. The van der Waals surface area contributed by atoms with Crippen molar-refractivity contribution in [3.05, 3.63) is 35.4 Å². The first-order valence-corrected chi connectivity index (χ1v) is 7.81. The Balaban J connectivity index is 2.79. The van der Waals surface area contributed by atoms with Crippen LogP contribution in [0.3, 0.4) is 0 Å². The van der Waals surface area contributed by atoms with Crippen LogP contribution in [-0.2, 0) is 6.42 Å². The lowest BCUT2D eigenvalue weighted by atomic mass is 9.82. The van der Waals surface area contributed by atoms with E-state index in [1.165, 1.54) is 36.8 Å². The molecule has 0 aliphatic carbocycles. The molecule has 108 valence electrons. The first-order chi connectivity index (χ1) is 8.99. The fourth-order valence-corrected chi connectivity index (χ4v) is 2.47. The van der Waals surface area contributed by atoms with Crippen LogP contribution in [0.25, 0.3) is 0 Å². The van der Waals surface area contributed by atoms with Crippen molar-refractivity contribution in [1.29, 1.82) is 0 Å². The van der Waals surface area contributed by atoms with Gasteiger partial charge in [-0.2, -0.15) is 0 Å². The molecule has 1 nitrogen and oxygen atoms in total. The van der Waals surface area contributed by atoms with Gasteiger partial charge in [-0.05, 0) is 42.3 Å². The smallest absolute Gasteiger partial charge is 0.0369 e. The van der Waals surface area contributed by atoms with Crippen molar-refractivity contribution in [3.8, 4) is 0 Å².